The van der Waals surface area contributed by atoms with Crippen molar-refractivity contribution in [2.24, 2.45) is 34.5 Å². The maximum Gasteiger partial charge on any atom is 0.514 e. The Balaban J connectivity index is 1.17. The highest BCUT2D eigenvalue weighted by atomic mass is 16.7. The summed E-state index contributed by atoms with van der Waals surface area (Å²) in [6.07, 6.45) is 21.8. The Hall–Kier alpha value is -1.77. The summed E-state index contributed by atoms with van der Waals surface area (Å²) in [5.41, 5.74) is 3.55. The van der Waals surface area contributed by atoms with Gasteiger partial charge < -0.3 is 9.47 Å². The van der Waals surface area contributed by atoms with Gasteiger partial charge in [-0.15, -0.1) is 0 Å². The minimum Gasteiger partial charge on any atom is -0.430 e. The van der Waals surface area contributed by atoms with Crippen molar-refractivity contribution in [2.45, 2.75) is 130 Å². The maximum atomic E-state index is 12.5. The number of allylic oxidation sites excluding steroid dienone is 1. The van der Waals surface area contributed by atoms with Crippen LogP contribution in [0.1, 0.15) is 123 Å². The van der Waals surface area contributed by atoms with Crippen LogP contribution in [0.15, 0.2) is 35.9 Å². The van der Waals surface area contributed by atoms with E-state index < -0.39 is 6.16 Å². The van der Waals surface area contributed by atoms with Crippen molar-refractivity contribution >= 4 is 6.16 Å². The van der Waals surface area contributed by atoms with Gasteiger partial charge in [-0.3, -0.25) is 0 Å². The van der Waals surface area contributed by atoms with Crippen molar-refractivity contribution in [2.75, 3.05) is 0 Å². The lowest BCUT2D eigenvalue weighted by Gasteiger charge is -2.58. The summed E-state index contributed by atoms with van der Waals surface area (Å²) in [6, 6.07) is 7.56. The van der Waals surface area contributed by atoms with Crippen molar-refractivity contribution < 1.29 is 14.3 Å². The average Bonchev–Trinajstić information content (AvgIpc) is 3.24. The highest BCUT2D eigenvalue weighted by Crippen LogP contribution is 2.66. The van der Waals surface area contributed by atoms with E-state index in [1.54, 1.807) is 5.57 Å². The van der Waals surface area contributed by atoms with Crippen LogP contribution in [0.25, 0.3) is 0 Å². The summed E-state index contributed by atoms with van der Waals surface area (Å²) in [5, 5.41) is 0. The molecule has 4 aliphatic rings. The van der Waals surface area contributed by atoms with Crippen LogP contribution in [-0.2, 0) is 4.74 Å². The predicted molar refractivity (Wildman–Crippen MR) is 155 cm³/mol. The van der Waals surface area contributed by atoms with Crippen molar-refractivity contribution in [3.8, 4) is 5.75 Å². The number of unbranched alkanes of at least 4 members (excludes halogenated alkanes) is 5. The minimum atomic E-state index is -0.562. The molecule has 0 amide bonds. The molecule has 0 aromatic heterocycles. The van der Waals surface area contributed by atoms with E-state index in [-0.39, 0.29) is 11.5 Å². The van der Waals surface area contributed by atoms with Crippen molar-refractivity contribution in [3.05, 3.63) is 41.5 Å². The van der Waals surface area contributed by atoms with Crippen molar-refractivity contribution in [1.82, 2.24) is 0 Å². The lowest BCUT2D eigenvalue weighted by molar-refractivity contribution is -0.0538. The molecule has 0 bridgehead atoms. The first-order chi connectivity index (χ1) is 18.3. The first kappa shape index (κ1) is 27.8. The molecule has 7 atom stereocenters. The van der Waals surface area contributed by atoms with Crippen LogP contribution in [0.2, 0.25) is 0 Å². The Morgan fingerprint density at radius 2 is 1.68 bits per heavy atom. The quantitative estimate of drug-likeness (QED) is 0.141. The first-order valence-electron chi connectivity index (χ1n) is 16.0. The normalized spacial score (nSPS) is 36.0. The number of rotatable bonds is 9. The molecule has 5 rings (SSSR count). The van der Waals surface area contributed by atoms with Crippen LogP contribution in [0.5, 0.6) is 5.75 Å². The average molecular weight is 521 g/mol. The summed E-state index contributed by atoms with van der Waals surface area (Å²) in [4.78, 5) is 12.5. The number of carbonyl (C=O) groups is 1. The second-order valence-corrected chi connectivity index (χ2v) is 13.8. The molecule has 4 aliphatic carbocycles. The molecule has 0 aliphatic heterocycles. The molecule has 210 valence electrons. The molecule has 1 aromatic rings. The summed E-state index contributed by atoms with van der Waals surface area (Å²) in [5.74, 6) is 4.05. The van der Waals surface area contributed by atoms with Gasteiger partial charge in [0.1, 0.15) is 11.9 Å². The SMILES string of the molecule is CCCCCCCCC1CCC2C3CC=C4CC(OC(=O)Oc5ccc(C)cc5)CCC4(C)C3CCC12C. The second kappa shape index (κ2) is 11.8. The van der Waals surface area contributed by atoms with Crippen molar-refractivity contribution in [3.63, 3.8) is 0 Å². The summed E-state index contributed by atoms with van der Waals surface area (Å²) < 4.78 is 11.3. The molecule has 3 heteroatoms. The number of aryl methyl sites for hydroxylation is 1. The number of hydrogen-bond donors (Lipinski definition) is 0. The van der Waals surface area contributed by atoms with E-state index in [0.29, 0.717) is 11.2 Å². The van der Waals surface area contributed by atoms with Crippen LogP contribution < -0.4 is 4.74 Å². The third kappa shape index (κ3) is 5.59. The van der Waals surface area contributed by atoms with Crippen LogP contribution in [0.3, 0.4) is 0 Å². The fourth-order valence-electron chi connectivity index (χ4n) is 9.34. The van der Waals surface area contributed by atoms with Gasteiger partial charge >= 0.3 is 6.16 Å². The Kier molecular flexibility index (Phi) is 8.60. The van der Waals surface area contributed by atoms with Gasteiger partial charge in [0.15, 0.2) is 0 Å². The smallest absolute Gasteiger partial charge is 0.430 e. The Bertz CT molecular complexity index is 979. The Labute approximate surface area is 232 Å². The number of carbonyl (C=O) groups excluding carboxylic acids is 1. The standard InChI is InChI=1S/C35H52O3/c1-5-6-7-8-9-10-11-26-15-19-31-30-18-14-27-24-29(38-33(36)37-28-16-12-25(2)13-17-28)20-22-35(27,4)32(30)21-23-34(26,31)3/h12-14,16-17,26,29-32H,5-11,15,18-24H2,1-4H3. The Morgan fingerprint density at radius 1 is 0.921 bits per heavy atom. The van der Waals surface area contributed by atoms with E-state index in [0.717, 1.165) is 48.5 Å². The van der Waals surface area contributed by atoms with Crippen LogP contribution in [0.4, 0.5) is 4.79 Å². The summed E-state index contributed by atoms with van der Waals surface area (Å²) >= 11 is 0. The third-order valence-corrected chi connectivity index (χ3v) is 11.6. The van der Waals surface area contributed by atoms with Crippen LogP contribution >= 0.6 is 0 Å². The molecule has 38 heavy (non-hydrogen) atoms. The second-order valence-electron chi connectivity index (χ2n) is 13.8. The molecule has 1 aromatic carbocycles. The molecule has 0 heterocycles. The molecule has 0 N–H and O–H groups in total. The topological polar surface area (TPSA) is 35.5 Å². The van der Waals surface area contributed by atoms with Crippen LogP contribution in [-0.4, -0.2) is 12.3 Å². The lowest BCUT2D eigenvalue weighted by Crippen LogP contribution is -2.50. The van der Waals surface area contributed by atoms with Gasteiger partial charge in [0.25, 0.3) is 0 Å². The molecule has 3 saturated carbocycles. The third-order valence-electron chi connectivity index (χ3n) is 11.6. The van der Waals surface area contributed by atoms with Gasteiger partial charge in [0, 0.05) is 6.42 Å². The van der Waals surface area contributed by atoms with E-state index in [1.165, 1.54) is 77.0 Å². The molecule has 0 saturated heterocycles. The fourth-order valence-corrected chi connectivity index (χ4v) is 9.34. The lowest BCUT2D eigenvalue weighted by atomic mass is 9.47. The minimum absolute atomic E-state index is 0.0640. The maximum absolute atomic E-state index is 12.5. The number of benzene rings is 1. The molecule has 7 unspecified atom stereocenters. The van der Waals surface area contributed by atoms with Crippen molar-refractivity contribution in [1.29, 1.82) is 0 Å². The summed E-state index contributed by atoms with van der Waals surface area (Å²) in [7, 11) is 0. The van der Waals surface area contributed by atoms with E-state index >= 15 is 0 Å². The number of hydrogen-bond acceptors (Lipinski definition) is 3. The van der Waals surface area contributed by atoms with Gasteiger partial charge in [-0.25, -0.2) is 4.79 Å². The van der Waals surface area contributed by atoms with Gasteiger partial charge in [0.2, 0.25) is 0 Å². The molecular weight excluding hydrogens is 468 g/mol. The molecule has 3 nitrogen and oxygen atoms in total. The largest absolute Gasteiger partial charge is 0.514 e. The molecule has 0 spiro atoms. The zero-order valence-corrected chi connectivity index (χ0v) is 24.6. The zero-order valence-electron chi connectivity index (χ0n) is 24.6. The van der Waals surface area contributed by atoms with Gasteiger partial charge in [-0.05, 0) is 105 Å². The predicted octanol–water partition coefficient (Wildman–Crippen LogP) is 10.2. The monoisotopic (exact) mass is 520 g/mol. The van der Waals surface area contributed by atoms with Gasteiger partial charge in [-0.2, -0.15) is 0 Å². The number of fused-ring (bicyclic) bond motifs is 5. The van der Waals surface area contributed by atoms with E-state index in [1.807, 2.05) is 31.2 Å². The van der Waals surface area contributed by atoms with Gasteiger partial charge in [-0.1, -0.05) is 88.6 Å². The zero-order chi connectivity index (χ0) is 26.8. The van der Waals surface area contributed by atoms with E-state index in [4.69, 9.17) is 9.47 Å². The molecular formula is C35H52O3. The molecule has 0 radical (unpaired) electrons. The highest BCUT2D eigenvalue weighted by Gasteiger charge is 2.58. The highest BCUT2D eigenvalue weighted by molar-refractivity contribution is 5.64. The van der Waals surface area contributed by atoms with Crippen LogP contribution in [0, 0.1) is 41.4 Å². The fraction of sp³-hybridized carbons (Fsp3) is 0.743. The van der Waals surface area contributed by atoms with Gasteiger partial charge in [0.05, 0.1) is 0 Å². The molecule has 3 fully saturated rings. The van der Waals surface area contributed by atoms with E-state index in [9.17, 15) is 4.79 Å². The number of ether oxygens (including phenoxy) is 2. The van der Waals surface area contributed by atoms with E-state index in [2.05, 4.69) is 26.8 Å². The first-order valence-corrected chi connectivity index (χ1v) is 16.0. The summed E-state index contributed by atoms with van der Waals surface area (Å²) in [6.45, 7) is 9.55. The Morgan fingerprint density at radius 3 is 2.47 bits per heavy atom.